The monoisotopic (exact) mass is 342 g/mol. The highest BCUT2D eigenvalue weighted by molar-refractivity contribution is 7.89. The van der Waals surface area contributed by atoms with E-state index in [1.54, 1.807) is 18.2 Å². The number of primary sulfonamides is 1. The van der Waals surface area contributed by atoms with Crippen LogP contribution in [0, 0.1) is 0 Å². The summed E-state index contributed by atoms with van der Waals surface area (Å²) in [5.74, 6) is 0.670. The summed E-state index contributed by atoms with van der Waals surface area (Å²) in [5.41, 5.74) is 2.63. The van der Waals surface area contributed by atoms with E-state index in [1.807, 2.05) is 44.2 Å². The SMILES string of the molecule is CC(C)c1onc(-c2ccccc2)c1-c1ccccc1S(N)(=O)=O. The van der Waals surface area contributed by atoms with Crippen molar-refractivity contribution >= 4 is 10.0 Å². The van der Waals surface area contributed by atoms with Crippen LogP contribution in [0.3, 0.4) is 0 Å². The van der Waals surface area contributed by atoms with Gasteiger partial charge in [0.1, 0.15) is 11.5 Å². The highest BCUT2D eigenvalue weighted by atomic mass is 32.2. The van der Waals surface area contributed by atoms with Crippen LogP contribution in [0.1, 0.15) is 25.5 Å². The van der Waals surface area contributed by atoms with Crippen LogP contribution in [0.15, 0.2) is 64.0 Å². The summed E-state index contributed by atoms with van der Waals surface area (Å²) in [7, 11) is -3.87. The van der Waals surface area contributed by atoms with Crippen molar-refractivity contribution in [1.29, 1.82) is 0 Å². The largest absolute Gasteiger partial charge is 0.360 e. The molecule has 124 valence electrons. The molecule has 2 aromatic carbocycles. The normalized spacial score (nSPS) is 11.8. The van der Waals surface area contributed by atoms with E-state index >= 15 is 0 Å². The molecule has 0 bridgehead atoms. The Bertz CT molecular complexity index is 961. The average Bonchev–Trinajstić information content (AvgIpc) is 3.00. The molecule has 3 aromatic rings. The molecule has 6 heteroatoms. The van der Waals surface area contributed by atoms with Gasteiger partial charge in [-0.05, 0) is 6.07 Å². The highest BCUT2D eigenvalue weighted by Gasteiger charge is 2.25. The molecule has 0 fully saturated rings. The molecule has 0 saturated carbocycles. The van der Waals surface area contributed by atoms with Crippen molar-refractivity contribution in [2.75, 3.05) is 0 Å². The number of hydrogen-bond donors (Lipinski definition) is 1. The van der Waals surface area contributed by atoms with E-state index in [0.717, 1.165) is 5.56 Å². The Kier molecular flexibility index (Phi) is 4.26. The third kappa shape index (κ3) is 2.98. The predicted molar refractivity (Wildman–Crippen MR) is 92.8 cm³/mol. The summed E-state index contributed by atoms with van der Waals surface area (Å²) < 4.78 is 29.6. The molecule has 0 aliphatic carbocycles. The van der Waals surface area contributed by atoms with E-state index in [4.69, 9.17) is 9.66 Å². The van der Waals surface area contributed by atoms with Gasteiger partial charge in [0.25, 0.3) is 0 Å². The molecule has 0 saturated heterocycles. The second-order valence-electron chi connectivity index (χ2n) is 5.83. The van der Waals surface area contributed by atoms with E-state index in [0.29, 0.717) is 22.6 Å². The third-order valence-electron chi connectivity index (χ3n) is 3.75. The number of aromatic nitrogens is 1. The molecule has 0 atom stereocenters. The fourth-order valence-electron chi connectivity index (χ4n) is 2.67. The van der Waals surface area contributed by atoms with Gasteiger partial charge in [0, 0.05) is 17.0 Å². The smallest absolute Gasteiger partial charge is 0.238 e. The fraction of sp³-hybridized carbons (Fsp3) is 0.167. The minimum atomic E-state index is -3.87. The zero-order valence-corrected chi connectivity index (χ0v) is 14.2. The average molecular weight is 342 g/mol. The Hall–Kier alpha value is -2.44. The summed E-state index contributed by atoms with van der Waals surface area (Å²) in [6.07, 6.45) is 0. The Morgan fingerprint density at radius 2 is 1.62 bits per heavy atom. The zero-order chi connectivity index (χ0) is 17.3. The van der Waals surface area contributed by atoms with Crippen LogP contribution in [-0.2, 0) is 10.0 Å². The molecule has 5 nitrogen and oxygen atoms in total. The first-order valence-electron chi connectivity index (χ1n) is 7.56. The Labute approximate surface area is 141 Å². The first kappa shape index (κ1) is 16.4. The lowest BCUT2D eigenvalue weighted by molar-refractivity contribution is 0.373. The lowest BCUT2D eigenvalue weighted by Gasteiger charge is -2.10. The summed E-state index contributed by atoms with van der Waals surface area (Å²) in [6, 6.07) is 16.2. The van der Waals surface area contributed by atoms with E-state index < -0.39 is 10.0 Å². The van der Waals surface area contributed by atoms with E-state index in [9.17, 15) is 8.42 Å². The molecule has 2 N–H and O–H groups in total. The number of nitrogens with zero attached hydrogens (tertiary/aromatic N) is 1. The lowest BCUT2D eigenvalue weighted by Crippen LogP contribution is -2.13. The maximum absolute atomic E-state index is 12.0. The summed E-state index contributed by atoms with van der Waals surface area (Å²) >= 11 is 0. The van der Waals surface area contributed by atoms with Gasteiger partial charge in [0.05, 0.1) is 10.5 Å². The molecule has 24 heavy (non-hydrogen) atoms. The number of hydrogen-bond acceptors (Lipinski definition) is 4. The molecule has 0 spiro atoms. The second-order valence-corrected chi connectivity index (χ2v) is 7.36. The Morgan fingerprint density at radius 1 is 1.00 bits per heavy atom. The highest BCUT2D eigenvalue weighted by Crippen LogP contribution is 2.40. The molecular formula is C18H18N2O3S. The number of nitrogens with two attached hydrogens (primary N) is 1. The number of benzene rings is 2. The van der Waals surface area contributed by atoms with Crippen molar-refractivity contribution in [3.05, 3.63) is 60.4 Å². The first-order chi connectivity index (χ1) is 11.4. The minimum absolute atomic E-state index is 0.0403. The van der Waals surface area contributed by atoms with Gasteiger partial charge in [-0.25, -0.2) is 13.6 Å². The molecule has 0 radical (unpaired) electrons. The zero-order valence-electron chi connectivity index (χ0n) is 13.4. The summed E-state index contributed by atoms with van der Waals surface area (Å²) in [5, 5.41) is 9.60. The molecule has 3 rings (SSSR count). The summed E-state index contributed by atoms with van der Waals surface area (Å²) in [6.45, 7) is 3.94. The van der Waals surface area contributed by atoms with Gasteiger partial charge in [0.15, 0.2) is 0 Å². The second kappa shape index (κ2) is 6.22. The quantitative estimate of drug-likeness (QED) is 0.782. The predicted octanol–water partition coefficient (Wildman–Crippen LogP) is 3.78. The Balaban J connectivity index is 2.35. The number of rotatable bonds is 4. The van der Waals surface area contributed by atoms with Gasteiger partial charge in [-0.1, -0.05) is 67.5 Å². The Morgan fingerprint density at radius 3 is 2.25 bits per heavy atom. The lowest BCUT2D eigenvalue weighted by atomic mass is 9.95. The van der Waals surface area contributed by atoms with E-state index in [2.05, 4.69) is 5.16 Å². The van der Waals surface area contributed by atoms with Gasteiger partial charge in [-0.3, -0.25) is 0 Å². The molecule has 0 amide bonds. The van der Waals surface area contributed by atoms with Crippen LogP contribution in [0.2, 0.25) is 0 Å². The molecule has 0 aliphatic heterocycles. The number of sulfonamides is 1. The van der Waals surface area contributed by atoms with Crippen LogP contribution in [-0.4, -0.2) is 13.6 Å². The van der Waals surface area contributed by atoms with Crippen molar-refractivity contribution in [3.8, 4) is 22.4 Å². The van der Waals surface area contributed by atoms with Gasteiger partial charge in [-0.15, -0.1) is 0 Å². The van der Waals surface area contributed by atoms with Crippen molar-refractivity contribution in [2.45, 2.75) is 24.7 Å². The maximum atomic E-state index is 12.0. The van der Waals surface area contributed by atoms with Crippen molar-refractivity contribution < 1.29 is 12.9 Å². The van der Waals surface area contributed by atoms with Crippen LogP contribution in [0.5, 0.6) is 0 Å². The van der Waals surface area contributed by atoms with Crippen LogP contribution in [0.25, 0.3) is 22.4 Å². The topological polar surface area (TPSA) is 86.2 Å². The molecule has 0 unspecified atom stereocenters. The van der Waals surface area contributed by atoms with E-state index in [-0.39, 0.29) is 10.8 Å². The van der Waals surface area contributed by atoms with Gasteiger partial charge in [-0.2, -0.15) is 0 Å². The molecular weight excluding hydrogens is 324 g/mol. The minimum Gasteiger partial charge on any atom is -0.360 e. The first-order valence-corrected chi connectivity index (χ1v) is 9.11. The van der Waals surface area contributed by atoms with Gasteiger partial charge < -0.3 is 4.52 Å². The van der Waals surface area contributed by atoms with Crippen LogP contribution in [0.4, 0.5) is 0 Å². The summed E-state index contributed by atoms with van der Waals surface area (Å²) in [4.78, 5) is 0.0623. The molecule has 1 aromatic heterocycles. The fourth-order valence-corrected chi connectivity index (χ4v) is 3.42. The van der Waals surface area contributed by atoms with Crippen LogP contribution < -0.4 is 5.14 Å². The van der Waals surface area contributed by atoms with Gasteiger partial charge >= 0.3 is 0 Å². The standard InChI is InChI=1S/C18H18N2O3S/c1-12(2)18-16(14-10-6-7-11-15(14)24(19,21)22)17(20-23-18)13-8-4-3-5-9-13/h3-12H,1-2H3,(H2,19,21,22). The van der Waals surface area contributed by atoms with Gasteiger partial charge in [0.2, 0.25) is 10.0 Å². The maximum Gasteiger partial charge on any atom is 0.238 e. The third-order valence-corrected chi connectivity index (χ3v) is 4.72. The van der Waals surface area contributed by atoms with Crippen molar-refractivity contribution in [3.63, 3.8) is 0 Å². The molecule has 1 heterocycles. The van der Waals surface area contributed by atoms with Crippen molar-refractivity contribution in [1.82, 2.24) is 5.16 Å². The van der Waals surface area contributed by atoms with E-state index in [1.165, 1.54) is 6.07 Å². The molecule has 0 aliphatic rings. The van der Waals surface area contributed by atoms with Crippen molar-refractivity contribution in [2.24, 2.45) is 5.14 Å². The van der Waals surface area contributed by atoms with Crippen LogP contribution >= 0.6 is 0 Å².